The molecule has 0 bridgehead atoms. The highest BCUT2D eigenvalue weighted by molar-refractivity contribution is 7.80. The SMILES string of the molecule is CN1CCc2nc(NC(=S)Nc3ccc(F)c(Cl)c3)sc2C1. The third kappa shape index (κ3) is 3.55. The zero-order valence-corrected chi connectivity index (χ0v) is 14.2. The van der Waals surface area contributed by atoms with Crippen molar-refractivity contribution in [2.75, 3.05) is 24.2 Å². The monoisotopic (exact) mass is 356 g/mol. The van der Waals surface area contributed by atoms with Crippen LogP contribution in [-0.4, -0.2) is 28.6 Å². The molecule has 116 valence electrons. The Labute approximate surface area is 142 Å². The van der Waals surface area contributed by atoms with Gasteiger partial charge < -0.3 is 15.5 Å². The number of fused-ring (bicyclic) bond motifs is 1. The topological polar surface area (TPSA) is 40.2 Å². The van der Waals surface area contributed by atoms with Gasteiger partial charge in [0.15, 0.2) is 10.2 Å². The summed E-state index contributed by atoms with van der Waals surface area (Å²) in [6, 6.07) is 4.37. The second-order valence-electron chi connectivity index (χ2n) is 5.08. The molecule has 0 spiro atoms. The van der Waals surface area contributed by atoms with Crippen molar-refractivity contribution in [3.8, 4) is 0 Å². The first-order valence-corrected chi connectivity index (χ1v) is 8.32. The molecule has 0 aliphatic carbocycles. The van der Waals surface area contributed by atoms with Gasteiger partial charge in [0.25, 0.3) is 0 Å². The number of benzene rings is 1. The van der Waals surface area contributed by atoms with Crippen molar-refractivity contribution in [1.29, 1.82) is 0 Å². The Morgan fingerprint density at radius 3 is 3.05 bits per heavy atom. The maximum atomic E-state index is 13.1. The number of anilines is 2. The van der Waals surface area contributed by atoms with Crippen LogP contribution in [0.25, 0.3) is 0 Å². The Bertz CT molecular complexity index is 719. The largest absolute Gasteiger partial charge is 0.332 e. The van der Waals surface area contributed by atoms with Crippen molar-refractivity contribution >= 4 is 51.1 Å². The Kier molecular flexibility index (Phi) is 4.58. The summed E-state index contributed by atoms with van der Waals surface area (Å²) in [6.45, 7) is 1.94. The highest BCUT2D eigenvalue weighted by atomic mass is 35.5. The molecule has 1 aliphatic heterocycles. The van der Waals surface area contributed by atoms with E-state index in [-0.39, 0.29) is 5.02 Å². The number of aromatic nitrogens is 1. The minimum absolute atomic E-state index is 0.0561. The summed E-state index contributed by atoms with van der Waals surface area (Å²) >= 11 is 12.6. The van der Waals surface area contributed by atoms with Gasteiger partial charge in [0.1, 0.15) is 5.82 Å². The predicted octanol–water partition coefficient (Wildman–Crippen LogP) is 3.73. The van der Waals surface area contributed by atoms with Gasteiger partial charge in [-0.25, -0.2) is 9.37 Å². The molecule has 3 rings (SSSR count). The highest BCUT2D eigenvalue weighted by Crippen LogP contribution is 2.28. The van der Waals surface area contributed by atoms with Crippen LogP contribution in [0.15, 0.2) is 18.2 Å². The van der Waals surface area contributed by atoms with Crippen LogP contribution in [0.5, 0.6) is 0 Å². The minimum atomic E-state index is -0.456. The number of halogens is 2. The van der Waals surface area contributed by atoms with Gasteiger partial charge in [-0.3, -0.25) is 0 Å². The molecule has 2 aromatic rings. The van der Waals surface area contributed by atoms with Crippen LogP contribution in [0.2, 0.25) is 5.02 Å². The lowest BCUT2D eigenvalue weighted by molar-refractivity contribution is 0.314. The van der Waals surface area contributed by atoms with Gasteiger partial charge in [-0.05, 0) is 37.5 Å². The van der Waals surface area contributed by atoms with Gasteiger partial charge in [-0.15, -0.1) is 11.3 Å². The number of nitrogens with one attached hydrogen (secondary N) is 2. The van der Waals surface area contributed by atoms with Crippen LogP contribution >= 0.6 is 35.2 Å². The molecule has 4 nitrogen and oxygen atoms in total. The number of rotatable bonds is 2. The maximum Gasteiger partial charge on any atom is 0.189 e. The number of hydrogen-bond acceptors (Lipinski definition) is 4. The molecule has 1 aromatic carbocycles. The molecule has 0 atom stereocenters. The number of thiazole rings is 1. The average molecular weight is 357 g/mol. The first-order valence-electron chi connectivity index (χ1n) is 6.71. The van der Waals surface area contributed by atoms with E-state index in [0.29, 0.717) is 10.8 Å². The van der Waals surface area contributed by atoms with Crippen molar-refractivity contribution in [3.63, 3.8) is 0 Å². The van der Waals surface area contributed by atoms with E-state index in [1.807, 2.05) is 0 Å². The fourth-order valence-corrected chi connectivity index (χ4v) is 3.76. The third-order valence-corrected chi connectivity index (χ3v) is 4.81. The van der Waals surface area contributed by atoms with Gasteiger partial charge >= 0.3 is 0 Å². The van der Waals surface area contributed by atoms with Crippen LogP contribution in [0.1, 0.15) is 10.6 Å². The summed E-state index contributed by atoms with van der Waals surface area (Å²) in [5.74, 6) is -0.456. The second kappa shape index (κ2) is 6.45. The third-order valence-electron chi connectivity index (χ3n) is 3.32. The maximum absolute atomic E-state index is 13.1. The fraction of sp³-hybridized carbons (Fsp3) is 0.286. The molecule has 0 fully saturated rings. The van der Waals surface area contributed by atoms with Gasteiger partial charge in [-0.2, -0.15) is 0 Å². The van der Waals surface area contributed by atoms with Crippen LogP contribution in [0.3, 0.4) is 0 Å². The summed E-state index contributed by atoms with van der Waals surface area (Å²) in [4.78, 5) is 8.10. The lowest BCUT2D eigenvalue weighted by Crippen LogP contribution is -2.25. The van der Waals surface area contributed by atoms with E-state index in [9.17, 15) is 4.39 Å². The molecule has 22 heavy (non-hydrogen) atoms. The quantitative estimate of drug-likeness (QED) is 0.802. The van der Waals surface area contributed by atoms with Gasteiger partial charge in [0.2, 0.25) is 0 Å². The highest BCUT2D eigenvalue weighted by Gasteiger charge is 2.18. The summed E-state index contributed by atoms with van der Waals surface area (Å²) in [5.41, 5.74) is 1.77. The smallest absolute Gasteiger partial charge is 0.189 e. The van der Waals surface area contributed by atoms with Gasteiger partial charge in [0, 0.05) is 30.1 Å². The lowest BCUT2D eigenvalue weighted by Gasteiger charge is -2.20. The normalized spacial score (nSPS) is 14.5. The predicted molar refractivity (Wildman–Crippen MR) is 93.4 cm³/mol. The molecule has 2 N–H and O–H groups in total. The van der Waals surface area contributed by atoms with E-state index in [2.05, 4.69) is 27.6 Å². The average Bonchev–Trinajstić information content (AvgIpc) is 2.84. The lowest BCUT2D eigenvalue weighted by atomic mass is 10.2. The number of likely N-dealkylation sites (N-methyl/N-ethyl adjacent to an activating group) is 1. The summed E-state index contributed by atoms with van der Waals surface area (Å²) in [5, 5.41) is 7.27. The molecule has 8 heteroatoms. The molecule has 0 amide bonds. The minimum Gasteiger partial charge on any atom is -0.332 e. The van der Waals surface area contributed by atoms with Crippen molar-refractivity contribution < 1.29 is 4.39 Å². The molecular weight excluding hydrogens is 343 g/mol. The molecule has 0 radical (unpaired) electrons. The number of thiocarbonyl (C=S) groups is 1. The fourth-order valence-electron chi connectivity index (χ4n) is 2.21. The van der Waals surface area contributed by atoms with E-state index in [1.165, 1.54) is 17.0 Å². The van der Waals surface area contributed by atoms with Gasteiger partial charge in [0.05, 0.1) is 10.7 Å². The molecule has 0 saturated carbocycles. The Balaban J connectivity index is 1.65. The summed E-state index contributed by atoms with van der Waals surface area (Å²) < 4.78 is 13.1. The molecule has 1 aromatic heterocycles. The van der Waals surface area contributed by atoms with E-state index < -0.39 is 5.82 Å². The van der Waals surface area contributed by atoms with Crippen molar-refractivity contribution in [3.05, 3.63) is 39.6 Å². The van der Waals surface area contributed by atoms with Crippen LogP contribution in [0, 0.1) is 5.82 Å². The zero-order chi connectivity index (χ0) is 15.7. The van der Waals surface area contributed by atoms with Crippen molar-refractivity contribution in [1.82, 2.24) is 9.88 Å². The second-order valence-corrected chi connectivity index (χ2v) is 6.98. The van der Waals surface area contributed by atoms with Crippen LogP contribution in [0.4, 0.5) is 15.2 Å². The number of hydrogen-bond donors (Lipinski definition) is 2. The van der Waals surface area contributed by atoms with E-state index in [4.69, 9.17) is 23.8 Å². The Hall–Kier alpha value is -1.28. The summed E-state index contributed by atoms with van der Waals surface area (Å²) in [6.07, 6.45) is 0.956. The first-order chi connectivity index (χ1) is 10.5. The standard InChI is InChI=1S/C14H14ClFN4S2/c1-20-5-4-11-12(7-20)22-14(18-11)19-13(21)17-8-2-3-10(16)9(15)6-8/h2-3,6H,4-5,7H2,1H3,(H2,17,18,19,21). The van der Waals surface area contributed by atoms with Crippen molar-refractivity contribution in [2.24, 2.45) is 0 Å². The molecular formula is C14H14ClFN4S2. The first kappa shape index (κ1) is 15.6. The van der Waals surface area contributed by atoms with E-state index in [1.54, 1.807) is 17.4 Å². The molecule has 1 aliphatic rings. The Morgan fingerprint density at radius 1 is 1.45 bits per heavy atom. The Morgan fingerprint density at radius 2 is 2.27 bits per heavy atom. The molecule has 0 saturated heterocycles. The van der Waals surface area contributed by atoms with Crippen LogP contribution in [-0.2, 0) is 13.0 Å². The zero-order valence-electron chi connectivity index (χ0n) is 11.8. The number of nitrogens with zero attached hydrogens (tertiary/aromatic N) is 2. The van der Waals surface area contributed by atoms with E-state index >= 15 is 0 Å². The van der Waals surface area contributed by atoms with E-state index in [0.717, 1.165) is 30.3 Å². The van der Waals surface area contributed by atoms with Gasteiger partial charge in [-0.1, -0.05) is 11.6 Å². The van der Waals surface area contributed by atoms with Crippen molar-refractivity contribution in [2.45, 2.75) is 13.0 Å². The van der Waals surface area contributed by atoms with Crippen LogP contribution < -0.4 is 10.6 Å². The summed E-state index contributed by atoms with van der Waals surface area (Å²) in [7, 11) is 2.10. The molecule has 2 heterocycles. The molecule has 0 unspecified atom stereocenters.